The summed E-state index contributed by atoms with van der Waals surface area (Å²) in [5, 5.41) is 5.02. The number of rotatable bonds is 4. The van der Waals surface area contributed by atoms with Crippen molar-refractivity contribution in [1.82, 2.24) is 10.4 Å². The van der Waals surface area contributed by atoms with Crippen molar-refractivity contribution >= 4 is 23.1 Å². The number of pyridine rings is 1. The van der Waals surface area contributed by atoms with Crippen LogP contribution in [0.4, 0.5) is 0 Å². The lowest BCUT2D eigenvalue weighted by Crippen LogP contribution is -2.17. The molecule has 22 heavy (non-hydrogen) atoms. The third-order valence-corrected chi connectivity index (χ3v) is 3.32. The van der Waals surface area contributed by atoms with Gasteiger partial charge < -0.3 is 4.42 Å². The van der Waals surface area contributed by atoms with E-state index < -0.39 is 0 Å². The normalized spacial score (nSPS) is 11.1. The Morgan fingerprint density at radius 1 is 1.32 bits per heavy atom. The van der Waals surface area contributed by atoms with Gasteiger partial charge in [0.05, 0.1) is 11.8 Å². The van der Waals surface area contributed by atoms with Crippen LogP contribution in [0, 0.1) is 0 Å². The predicted octanol–water partition coefficient (Wildman–Crippen LogP) is 3.15. The molecule has 1 aromatic carbocycles. The molecule has 0 saturated carbocycles. The van der Waals surface area contributed by atoms with Crippen LogP contribution in [-0.2, 0) is 6.42 Å². The number of carbonyl (C=O) groups is 1. The Morgan fingerprint density at radius 3 is 2.95 bits per heavy atom. The summed E-state index contributed by atoms with van der Waals surface area (Å²) >= 11 is 0. The van der Waals surface area contributed by atoms with Crippen molar-refractivity contribution in [2.75, 3.05) is 0 Å². The van der Waals surface area contributed by atoms with Gasteiger partial charge in [-0.3, -0.25) is 9.78 Å². The molecule has 0 fully saturated rings. The Bertz CT molecular complexity index is 822. The minimum atomic E-state index is -0.296. The van der Waals surface area contributed by atoms with Crippen LogP contribution in [0.3, 0.4) is 0 Å². The second-order valence-electron chi connectivity index (χ2n) is 4.73. The zero-order valence-corrected chi connectivity index (χ0v) is 12.1. The highest BCUT2D eigenvalue weighted by Gasteiger charge is 2.10. The molecule has 2 heterocycles. The molecule has 0 aliphatic carbocycles. The van der Waals surface area contributed by atoms with Crippen LogP contribution in [0.5, 0.6) is 0 Å². The van der Waals surface area contributed by atoms with Gasteiger partial charge in [-0.1, -0.05) is 25.1 Å². The molecule has 3 aromatic rings. The average Bonchev–Trinajstić information content (AvgIpc) is 2.93. The molecule has 0 spiro atoms. The third-order valence-electron chi connectivity index (χ3n) is 3.32. The van der Waals surface area contributed by atoms with Crippen LogP contribution in [0.25, 0.3) is 11.0 Å². The van der Waals surface area contributed by atoms with E-state index in [4.69, 9.17) is 4.42 Å². The quantitative estimate of drug-likeness (QED) is 0.593. The minimum absolute atomic E-state index is 0.296. The number of carbonyl (C=O) groups excluding carboxylic acids is 1. The number of amides is 1. The number of nitrogens with one attached hydrogen (secondary N) is 1. The number of aryl methyl sites for hydroxylation is 1. The van der Waals surface area contributed by atoms with Gasteiger partial charge in [0.15, 0.2) is 0 Å². The molecule has 1 amide bonds. The van der Waals surface area contributed by atoms with Crippen LogP contribution < -0.4 is 5.43 Å². The molecule has 0 atom stereocenters. The Hall–Kier alpha value is -2.95. The molecule has 5 nitrogen and oxygen atoms in total. The monoisotopic (exact) mass is 293 g/mol. The standard InChI is InChI=1S/C17H15N3O2/c1-2-15-14(13-7-3-4-8-16(13)22-15)11-19-20-17(21)12-6-5-9-18-10-12/h3-11H,2H2,1H3,(H,20,21)/b19-11-. The first-order chi connectivity index (χ1) is 10.8. The van der Waals surface area contributed by atoms with Gasteiger partial charge in [-0.25, -0.2) is 5.43 Å². The topological polar surface area (TPSA) is 67.5 Å². The van der Waals surface area contributed by atoms with Crippen molar-refractivity contribution in [3.8, 4) is 0 Å². The maximum absolute atomic E-state index is 11.9. The maximum atomic E-state index is 11.9. The predicted molar refractivity (Wildman–Crippen MR) is 84.9 cm³/mol. The lowest BCUT2D eigenvalue weighted by molar-refractivity contribution is 0.0955. The van der Waals surface area contributed by atoms with Crippen LogP contribution in [0.15, 0.2) is 58.3 Å². The van der Waals surface area contributed by atoms with E-state index in [9.17, 15) is 4.79 Å². The molecule has 3 rings (SSSR count). The number of nitrogens with zero attached hydrogens (tertiary/aromatic N) is 2. The highest BCUT2D eigenvalue weighted by Crippen LogP contribution is 2.24. The fraction of sp³-hybridized carbons (Fsp3) is 0.118. The summed E-state index contributed by atoms with van der Waals surface area (Å²) in [5.41, 5.74) is 4.68. The van der Waals surface area contributed by atoms with Crippen LogP contribution in [0.2, 0.25) is 0 Å². The first-order valence-electron chi connectivity index (χ1n) is 7.03. The molecule has 2 aromatic heterocycles. The van der Waals surface area contributed by atoms with Crippen molar-refractivity contribution < 1.29 is 9.21 Å². The van der Waals surface area contributed by atoms with Crippen LogP contribution >= 0.6 is 0 Å². The lowest BCUT2D eigenvalue weighted by Gasteiger charge is -1.98. The van der Waals surface area contributed by atoms with Crippen molar-refractivity contribution in [2.45, 2.75) is 13.3 Å². The number of hydrogen-bond donors (Lipinski definition) is 1. The highest BCUT2D eigenvalue weighted by molar-refractivity contribution is 6.00. The number of para-hydroxylation sites is 1. The Labute approximate surface area is 127 Å². The third kappa shape index (κ3) is 2.74. The van der Waals surface area contributed by atoms with Crippen LogP contribution in [-0.4, -0.2) is 17.1 Å². The molecule has 0 bridgehead atoms. The first-order valence-corrected chi connectivity index (χ1v) is 7.03. The smallest absolute Gasteiger partial charge is 0.272 e. The minimum Gasteiger partial charge on any atom is -0.460 e. The Balaban J connectivity index is 1.82. The van der Waals surface area contributed by atoms with Crippen molar-refractivity contribution in [3.63, 3.8) is 0 Å². The fourth-order valence-corrected chi connectivity index (χ4v) is 2.24. The van der Waals surface area contributed by atoms with Gasteiger partial charge >= 0.3 is 0 Å². The summed E-state index contributed by atoms with van der Waals surface area (Å²) < 4.78 is 5.78. The average molecular weight is 293 g/mol. The number of furan rings is 1. The van der Waals surface area contributed by atoms with Gasteiger partial charge in [0, 0.05) is 29.8 Å². The van der Waals surface area contributed by atoms with Gasteiger partial charge in [0.25, 0.3) is 5.91 Å². The number of fused-ring (bicyclic) bond motifs is 1. The summed E-state index contributed by atoms with van der Waals surface area (Å²) in [7, 11) is 0. The molecular formula is C17H15N3O2. The molecule has 110 valence electrons. The molecule has 0 radical (unpaired) electrons. The van der Waals surface area contributed by atoms with E-state index in [1.165, 1.54) is 6.20 Å². The van der Waals surface area contributed by atoms with E-state index in [-0.39, 0.29) is 5.91 Å². The molecule has 5 heteroatoms. The van der Waals surface area contributed by atoms with Gasteiger partial charge in [-0.15, -0.1) is 0 Å². The summed E-state index contributed by atoms with van der Waals surface area (Å²) in [4.78, 5) is 15.8. The number of aromatic nitrogens is 1. The number of hydrogen-bond acceptors (Lipinski definition) is 4. The summed E-state index contributed by atoms with van der Waals surface area (Å²) in [5.74, 6) is 0.552. The van der Waals surface area contributed by atoms with Gasteiger partial charge in [-0.05, 0) is 18.2 Å². The van der Waals surface area contributed by atoms with E-state index in [1.807, 2.05) is 31.2 Å². The van der Waals surface area contributed by atoms with E-state index in [2.05, 4.69) is 15.5 Å². The van der Waals surface area contributed by atoms with Crippen LogP contribution in [0.1, 0.15) is 28.6 Å². The Kier molecular flexibility index (Phi) is 3.96. The van der Waals surface area contributed by atoms with Crippen molar-refractivity contribution in [3.05, 3.63) is 65.7 Å². The zero-order chi connectivity index (χ0) is 15.4. The second-order valence-corrected chi connectivity index (χ2v) is 4.73. The number of hydrazone groups is 1. The molecule has 0 unspecified atom stereocenters. The largest absolute Gasteiger partial charge is 0.460 e. The molecular weight excluding hydrogens is 278 g/mol. The van der Waals surface area contributed by atoms with E-state index in [0.717, 1.165) is 28.7 Å². The second kappa shape index (κ2) is 6.22. The maximum Gasteiger partial charge on any atom is 0.272 e. The molecule has 0 saturated heterocycles. The van der Waals surface area contributed by atoms with Crippen molar-refractivity contribution in [1.29, 1.82) is 0 Å². The van der Waals surface area contributed by atoms with E-state index >= 15 is 0 Å². The SMILES string of the molecule is CCc1oc2ccccc2c1/C=N\NC(=O)c1cccnc1. The van der Waals surface area contributed by atoms with E-state index in [0.29, 0.717) is 5.56 Å². The van der Waals surface area contributed by atoms with Gasteiger partial charge in [0.2, 0.25) is 0 Å². The van der Waals surface area contributed by atoms with Gasteiger partial charge in [0.1, 0.15) is 11.3 Å². The fourth-order valence-electron chi connectivity index (χ4n) is 2.24. The Morgan fingerprint density at radius 2 is 2.18 bits per heavy atom. The summed E-state index contributed by atoms with van der Waals surface area (Å²) in [6.07, 6.45) is 5.49. The highest BCUT2D eigenvalue weighted by atomic mass is 16.3. The zero-order valence-electron chi connectivity index (χ0n) is 12.1. The lowest BCUT2D eigenvalue weighted by atomic mass is 10.1. The van der Waals surface area contributed by atoms with Crippen molar-refractivity contribution in [2.24, 2.45) is 5.10 Å². The molecule has 0 aliphatic heterocycles. The summed E-state index contributed by atoms with van der Waals surface area (Å²) in [6.45, 7) is 2.02. The molecule has 1 N–H and O–H groups in total. The first kappa shape index (κ1) is 14.0. The molecule has 0 aliphatic rings. The van der Waals surface area contributed by atoms with Gasteiger partial charge in [-0.2, -0.15) is 5.10 Å². The summed E-state index contributed by atoms with van der Waals surface area (Å²) in [6, 6.07) is 11.2. The number of benzene rings is 1. The van der Waals surface area contributed by atoms with E-state index in [1.54, 1.807) is 24.5 Å².